The molecule has 1 aromatic carbocycles. The van der Waals surface area contributed by atoms with Gasteiger partial charge in [0, 0.05) is 30.6 Å². The van der Waals surface area contributed by atoms with E-state index >= 15 is 0 Å². The van der Waals surface area contributed by atoms with Gasteiger partial charge in [-0.15, -0.1) is 0 Å². The summed E-state index contributed by atoms with van der Waals surface area (Å²) in [6.07, 6.45) is 3.96. The van der Waals surface area contributed by atoms with Crippen LogP contribution in [-0.2, 0) is 35.5 Å². The van der Waals surface area contributed by atoms with Gasteiger partial charge in [-0.1, -0.05) is 12.1 Å². The van der Waals surface area contributed by atoms with E-state index in [9.17, 15) is 4.79 Å². The Kier molecular flexibility index (Phi) is 5.48. The topological polar surface area (TPSA) is 65.4 Å². The Balaban J connectivity index is 1.40. The maximum atomic E-state index is 12.0. The second kappa shape index (κ2) is 7.97. The summed E-state index contributed by atoms with van der Waals surface area (Å²) in [5, 5.41) is 7.34. The number of fused-ring (bicyclic) bond motifs is 1. The number of nitrogens with zero attached hydrogens (tertiary/aromatic N) is 2. The molecule has 0 saturated heterocycles. The number of benzene rings is 1. The molecule has 1 amide bonds. The predicted molar refractivity (Wildman–Crippen MR) is 89.9 cm³/mol. The van der Waals surface area contributed by atoms with Gasteiger partial charge in [0.2, 0.25) is 5.91 Å². The SMILES string of the molecule is COc1ccc(CCC(=O)NCCn2ncc3c2CCOC3)cc1. The first-order chi connectivity index (χ1) is 11.8. The molecule has 2 aromatic rings. The van der Waals surface area contributed by atoms with E-state index in [1.165, 1.54) is 5.69 Å². The Morgan fingerprint density at radius 2 is 2.21 bits per heavy atom. The van der Waals surface area contributed by atoms with Gasteiger partial charge in [-0.25, -0.2) is 0 Å². The first-order valence-corrected chi connectivity index (χ1v) is 8.27. The van der Waals surface area contributed by atoms with Gasteiger partial charge >= 0.3 is 0 Å². The summed E-state index contributed by atoms with van der Waals surface area (Å²) in [4.78, 5) is 12.0. The number of hydrogen-bond donors (Lipinski definition) is 1. The van der Waals surface area contributed by atoms with Crippen molar-refractivity contribution in [3.63, 3.8) is 0 Å². The zero-order valence-corrected chi connectivity index (χ0v) is 14.0. The van der Waals surface area contributed by atoms with Crippen molar-refractivity contribution in [1.82, 2.24) is 15.1 Å². The molecular weight excluding hydrogens is 306 g/mol. The van der Waals surface area contributed by atoms with Crippen LogP contribution in [0.4, 0.5) is 0 Å². The van der Waals surface area contributed by atoms with E-state index in [2.05, 4.69) is 10.4 Å². The third-order valence-electron chi connectivity index (χ3n) is 4.22. The van der Waals surface area contributed by atoms with Crippen molar-refractivity contribution in [3.8, 4) is 5.75 Å². The average molecular weight is 329 g/mol. The average Bonchev–Trinajstić information content (AvgIpc) is 3.04. The Bertz CT molecular complexity index is 679. The zero-order valence-electron chi connectivity index (χ0n) is 14.0. The molecule has 3 rings (SSSR count). The summed E-state index contributed by atoms with van der Waals surface area (Å²) in [6.45, 7) is 2.68. The lowest BCUT2D eigenvalue weighted by Gasteiger charge is -2.14. The highest BCUT2D eigenvalue weighted by molar-refractivity contribution is 5.76. The molecule has 0 atom stereocenters. The molecule has 1 aliphatic rings. The van der Waals surface area contributed by atoms with E-state index in [1.54, 1.807) is 7.11 Å². The highest BCUT2D eigenvalue weighted by atomic mass is 16.5. The van der Waals surface area contributed by atoms with Gasteiger partial charge in [-0.3, -0.25) is 9.48 Å². The number of hydrogen-bond acceptors (Lipinski definition) is 4. The molecule has 0 saturated carbocycles. The van der Waals surface area contributed by atoms with Crippen molar-refractivity contribution in [2.75, 3.05) is 20.3 Å². The van der Waals surface area contributed by atoms with Gasteiger partial charge < -0.3 is 14.8 Å². The van der Waals surface area contributed by atoms with Crippen LogP contribution in [0.5, 0.6) is 5.75 Å². The van der Waals surface area contributed by atoms with Gasteiger partial charge in [0.05, 0.1) is 33.1 Å². The lowest BCUT2D eigenvalue weighted by atomic mass is 10.1. The third-order valence-corrected chi connectivity index (χ3v) is 4.22. The normalized spacial score (nSPS) is 13.4. The fraction of sp³-hybridized carbons (Fsp3) is 0.444. The second-order valence-electron chi connectivity index (χ2n) is 5.84. The van der Waals surface area contributed by atoms with Crippen LogP contribution in [0.25, 0.3) is 0 Å². The number of aryl methyl sites for hydroxylation is 1. The minimum absolute atomic E-state index is 0.0650. The summed E-state index contributed by atoms with van der Waals surface area (Å²) < 4.78 is 12.5. The molecular formula is C18H23N3O3. The van der Waals surface area contributed by atoms with Gasteiger partial charge in [-0.2, -0.15) is 5.10 Å². The molecule has 0 bridgehead atoms. The summed E-state index contributed by atoms with van der Waals surface area (Å²) in [6, 6.07) is 7.81. The molecule has 1 N–H and O–H groups in total. The van der Waals surface area contributed by atoms with E-state index in [4.69, 9.17) is 9.47 Å². The van der Waals surface area contributed by atoms with E-state index in [0.717, 1.165) is 36.3 Å². The summed E-state index contributed by atoms with van der Waals surface area (Å²) in [7, 11) is 1.65. The van der Waals surface area contributed by atoms with Crippen LogP contribution in [0, 0.1) is 0 Å². The lowest BCUT2D eigenvalue weighted by Crippen LogP contribution is -2.28. The quantitative estimate of drug-likeness (QED) is 0.840. The number of amides is 1. The molecule has 1 aromatic heterocycles. The van der Waals surface area contributed by atoms with E-state index in [0.29, 0.717) is 26.1 Å². The van der Waals surface area contributed by atoms with Crippen LogP contribution in [0.3, 0.4) is 0 Å². The summed E-state index contributed by atoms with van der Waals surface area (Å²) in [5.74, 6) is 0.895. The number of methoxy groups -OCH3 is 1. The molecule has 6 heteroatoms. The maximum absolute atomic E-state index is 12.0. The standard InChI is InChI=1S/C18H23N3O3/c1-23-16-5-2-14(3-6-16)4-7-18(22)19-9-10-21-17-8-11-24-13-15(17)12-20-21/h2-3,5-6,12H,4,7-11,13H2,1H3,(H,19,22). The molecule has 128 valence electrons. The minimum atomic E-state index is 0.0650. The molecule has 0 aliphatic carbocycles. The summed E-state index contributed by atoms with van der Waals surface area (Å²) in [5.41, 5.74) is 3.52. The van der Waals surface area contributed by atoms with Gasteiger partial charge in [-0.05, 0) is 24.1 Å². The van der Waals surface area contributed by atoms with E-state index < -0.39 is 0 Å². The van der Waals surface area contributed by atoms with Crippen molar-refractivity contribution in [2.24, 2.45) is 0 Å². The Morgan fingerprint density at radius 3 is 3.00 bits per heavy atom. The molecule has 24 heavy (non-hydrogen) atoms. The fourth-order valence-electron chi connectivity index (χ4n) is 2.84. The predicted octanol–water partition coefficient (Wildman–Crippen LogP) is 1.71. The van der Waals surface area contributed by atoms with Crippen LogP contribution < -0.4 is 10.1 Å². The number of carbonyl (C=O) groups excluding carboxylic acids is 1. The smallest absolute Gasteiger partial charge is 0.220 e. The Hall–Kier alpha value is -2.34. The van der Waals surface area contributed by atoms with Crippen LogP contribution in [0.15, 0.2) is 30.5 Å². The number of carbonyl (C=O) groups is 1. The van der Waals surface area contributed by atoms with Gasteiger partial charge in [0.1, 0.15) is 5.75 Å². The zero-order chi connectivity index (χ0) is 16.8. The molecule has 2 heterocycles. The van der Waals surface area contributed by atoms with Crippen LogP contribution in [0.1, 0.15) is 23.2 Å². The molecule has 0 radical (unpaired) electrons. The number of nitrogens with one attached hydrogen (secondary N) is 1. The Labute approximate surface area is 141 Å². The third kappa shape index (κ3) is 4.14. The molecule has 0 fully saturated rings. The summed E-state index contributed by atoms with van der Waals surface area (Å²) >= 11 is 0. The molecule has 0 unspecified atom stereocenters. The number of ether oxygens (including phenoxy) is 2. The van der Waals surface area contributed by atoms with Gasteiger partial charge in [0.25, 0.3) is 0 Å². The Morgan fingerprint density at radius 1 is 1.38 bits per heavy atom. The lowest BCUT2D eigenvalue weighted by molar-refractivity contribution is -0.121. The largest absolute Gasteiger partial charge is 0.497 e. The van der Waals surface area contributed by atoms with Crippen LogP contribution in [-0.4, -0.2) is 35.9 Å². The van der Waals surface area contributed by atoms with Crippen molar-refractivity contribution in [1.29, 1.82) is 0 Å². The van der Waals surface area contributed by atoms with E-state index in [1.807, 2.05) is 35.1 Å². The van der Waals surface area contributed by atoms with Crippen molar-refractivity contribution < 1.29 is 14.3 Å². The first-order valence-electron chi connectivity index (χ1n) is 8.27. The minimum Gasteiger partial charge on any atom is -0.497 e. The maximum Gasteiger partial charge on any atom is 0.220 e. The monoisotopic (exact) mass is 329 g/mol. The highest BCUT2D eigenvalue weighted by Crippen LogP contribution is 2.15. The first kappa shape index (κ1) is 16.5. The fourth-order valence-corrected chi connectivity index (χ4v) is 2.84. The van der Waals surface area contributed by atoms with Gasteiger partial charge in [0.15, 0.2) is 0 Å². The number of aromatic nitrogens is 2. The van der Waals surface area contributed by atoms with Crippen molar-refractivity contribution in [2.45, 2.75) is 32.4 Å². The van der Waals surface area contributed by atoms with Crippen molar-refractivity contribution >= 4 is 5.91 Å². The number of rotatable bonds is 7. The molecule has 1 aliphatic heterocycles. The molecule has 6 nitrogen and oxygen atoms in total. The van der Waals surface area contributed by atoms with Crippen LogP contribution in [0.2, 0.25) is 0 Å². The van der Waals surface area contributed by atoms with E-state index in [-0.39, 0.29) is 5.91 Å². The van der Waals surface area contributed by atoms with Crippen LogP contribution >= 0.6 is 0 Å². The highest BCUT2D eigenvalue weighted by Gasteiger charge is 2.15. The van der Waals surface area contributed by atoms with Crippen molar-refractivity contribution in [3.05, 3.63) is 47.3 Å². The molecule has 0 spiro atoms. The second-order valence-corrected chi connectivity index (χ2v) is 5.84.